The van der Waals surface area contributed by atoms with Crippen LogP contribution in [0.1, 0.15) is 33.1 Å². The first-order chi connectivity index (χ1) is 10.1. The summed E-state index contributed by atoms with van der Waals surface area (Å²) >= 11 is 12.4. The molecule has 1 aliphatic rings. The van der Waals surface area contributed by atoms with Crippen molar-refractivity contribution in [3.05, 3.63) is 16.1 Å². The third-order valence-electron chi connectivity index (χ3n) is 3.81. The number of halogens is 2. The van der Waals surface area contributed by atoms with Crippen LogP contribution in [0.15, 0.2) is 6.07 Å². The zero-order valence-corrected chi connectivity index (χ0v) is 14.1. The molecule has 118 valence electrons. The third-order valence-corrected chi connectivity index (χ3v) is 4.39. The number of nitrogens with one attached hydrogen (secondary N) is 2. The van der Waals surface area contributed by atoms with Gasteiger partial charge in [0, 0.05) is 25.8 Å². The Morgan fingerprint density at radius 2 is 1.95 bits per heavy atom. The largest absolute Gasteiger partial charge is 0.381 e. The molecule has 0 spiro atoms. The number of aromatic nitrogens is 1. The number of hydrogen-bond donors (Lipinski definition) is 2. The van der Waals surface area contributed by atoms with Crippen LogP contribution in [0, 0.1) is 5.92 Å². The Morgan fingerprint density at radius 1 is 1.29 bits per heavy atom. The van der Waals surface area contributed by atoms with Crippen LogP contribution in [0.2, 0.25) is 10.0 Å². The van der Waals surface area contributed by atoms with Gasteiger partial charge < -0.3 is 15.4 Å². The highest BCUT2D eigenvalue weighted by Gasteiger charge is 2.21. The van der Waals surface area contributed by atoms with Crippen LogP contribution < -0.4 is 10.6 Å². The Hall–Kier alpha value is -0.710. The van der Waals surface area contributed by atoms with E-state index in [2.05, 4.69) is 29.5 Å². The van der Waals surface area contributed by atoms with Gasteiger partial charge in [-0.1, -0.05) is 30.1 Å². The molecule has 0 bridgehead atoms. The maximum atomic E-state index is 6.26. The van der Waals surface area contributed by atoms with E-state index in [1.54, 1.807) is 6.07 Å². The molecule has 1 saturated heterocycles. The number of hydrogen-bond acceptors (Lipinski definition) is 4. The molecule has 1 aromatic rings. The molecular formula is C15H23Cl2N3O. The monoisotopic (exact) mass is 331 g/mol. The van der Waals surface area contributed by atoms with Crippen molar-refractivity contribution in [2.24, 2.45) is 5.92 Å². The van der Waals surface area contributed by atoms with Gasteiger partial charge in [0.1, 0.15) is 11.6 Å². The van der Waals surface area contributed by atoms with Crippen molar-refractivity contribution in [3.63, 3.8) is 0 Å². The van der Waals surface area contributed by atoms with E-state index in [1.165, 1.54) is 0 Å². The van der Waals surface area contributed by atoms with E-state index < -0.39 is 0 Å². The molecule has 21 heavy (non-hydrogen) atoms. The normalized spacial score (nSPS) is 17.5. The summed E-state index contributed by atoms with van der Waals surface area (Å²) < 4.78 is 5.41. The predicted octanol–water partition coefficient (Wildman–Crippen LogP) is 4.44. The predicted molar refractivity (Wildman–Crippen MR) is 89.7 cm³/mol. The lowest BCUT2D eigenvalue weighted by atomic mass is 9.93. The van der Waals surface area contributed by atoms with Crippen molar-refractivity contribution in [2.45, 2.75) is 39.2 Å². The number of anilines is 2. The quantitative estimate of drug-likeness (QED) is 0.809. The minimum absolute atomic E-state index is 0.305. The van der Waals surface area contributed by atoms with Gasteiger partial charge in [-0.15, -0.1) is 0 Å². The summed E-state index contributed by atoms with van der Waals surface area (Å²) in [6.07, 6.45) is 3.16. The number of pyridine rings is 1. The first-order valence-electron chi connectivity index (χ1n) is 7.56. The van der Waals surface area contributed by atoms with E-state index in [-0.39, 0.29) is 0 Å². The van der Waals surface area contributed by atoms with Crippen molar-refractivity contribution < 1.29 is 4.74 Å². The lowest BCUT2D eigenvalue weighted by Gasteiger charge is -2.29. The van der Waals surface area contributed by atoms with Crippen LogP contribution in [0.25, 0.3) is 0 Å². The Labute approximate surface area is 136 Å². The molecule has 2 rings (SSSR count). The Bertz CT molecular complexity index is 464. The lowest BCUT2D eigenvalue weighted by Crippen LogP contribution is -2.31. The fraction of sp³-hybridized carbons (Fsp3) is 0.667. The van der Waals surface area contributed by atoms with Crippen molar-refractivity contribution in [1.82, 2.24) is 4.98 Å². The summed E-state index contributed by atoms with van der Waals surface area (Å²) in [5.41, 5.74) is 0. The standard InChI is InChI=1S/C15H23Cl2N3O/c1-3-6-18-14-12(16)9-13(17)15(20-14)19-10(2)11-4-7-21-8-5-11/h9-11H,3-8H2,1-2H3,(H2,18,19,20). The second kappa shape index (κ2) is 8.06. The highest BCUT2D eigenvalue weighted by atomic mass is 35.5. The second-order valence-electron chi connectivity index (χ2n) is 5.46. The molecule has 2 N–H and O–H groups in total. The molecule has 1 fully saturated rings. The Morgan fingerprint density at radius 3 is 2.62 bits per heavy atom. The number of ether oxygens (including phenoxy) is 1. The second-order valence-corrected chi connectivity index (χ2v) is 6.27. The molecule has 0 aromatic carbocycles. The summed E-state index contributed by atoms with van der Waals surface area (Å²) in [4.78, 5) is 4.53. The molecule has 0 radical (unpaired) electrons. The van der Waals surface area contributed by atoms with Gasteiger partial charge in [-0.2, -0.15) is 0 Å². The summed E-state index contributed by atoms with van der Waals surface area (Å²) in [6.45, 7) is 6.78. The molecule has 0 saturated carbocycles. The van der Waals surface area contributed by atoms with Gasteiger partial charge >= 0.3 is 0 Å². The Kier molecular flexibility index (Phi) is 6.40. The van der Waals surface area contributed by atoms with Crippen molar-refractivity contribution in [1.29, 1.82) is 0 Å². The fourth-order valence-electron chi connectivity index (χ4n) is 2.48. The minimum atomic E-state index is 0.305. The van der Waals surface area contributed by atoms with Crippen molar-refractivity contribution in [2.75, 3.05) is 30.4 Å². The SMILES string of the molecule is CCCNc1nc(NC(C)C2CCOCC2)c(Cl)cc1Cl. The van der Waals surface area contributed by atoms with Gasteiger partial charge in [-0.05, 0) is 38.2 Å². The molecule has 2 heterocycles. The van der Waals surface area contributed by atoms with Crippen molar-refractivity contribution in [3.8, 4) is 0 Å². The molecule has 0 amide bonds. The Balaban J connectivity index is 2.07. The van der Waals surface area contributed by atoms with Gasteiger partial charge in [-0.3, -0.25) is 0 Å². The van der Waals surface area contributed by atoms with Crippen molar-refractivity contribution >= 4 is 34.8 Å². The van der Waals surface area contributed by atoms with Crippen LogP contribution in [0.3, 0.4) is 0 Å². The summed E-state index contributed by atoms with van der Waals surface area (Å²) in [5, 5.41) is 7.76. The zero-order valence-electron chi connectivity index (χ0n) is 12.6. The van der Waals surface area contributed by atoms with E-state index >= 15 is 0 Å². The average molecular weight is 332 g/mol. The third kappa shape index (κ3) is 4.63. The minimum Gasteiger partial charge on any atom is -0.381 e. The molecule has 4 nitrogen and oxygen atoms in total. The molecule has 1 aliphatic heterocycles. The molecule has 6 heteroatoms. The number of rotatable bonds is 6. The molecule has 1 aromatic heterocycles. The van der Waals surface area contributed by atoms with E-state index in [0.29, 0.717) is 33.6 Å². The first-order valence-corrected chi connectivity index (χ1v) is 8.31. The molecule has 1 unspecified atom stereocenters. The fourth-order valence-corrected chi connectivity index (χ4v) is 2.96. The maximum Gasteiger partial charge on any atom is 0.147 e. The van der Waals surface area contributed by atoms with Crippen LogP contribution in [0.5, 0.6) is 0 Å². The van der Waals surface area contributed by atoms with Crippen LogP contribution >= 0.6 is 23.2 Å². The average Bonchev–Trinajstić information content (AvgIpc) is 2.49. The summed E-state index contributed by atoms with van der Waals surface area (Å²) in [7, 11) is 0. The molecular weight excluding hydrogens is 309 g/mol. The molecule has 1 atom stereocenters. The zero-order chi connectivity index (χ0) is 15.2. The van der Waals surface area contributed by atoms with E-state index in [9.17, 15) is 0 Å². The van der Waals surface area contributed by atoms with E-state index in [0.717, 1.165) is 39.0 Å². The topological polar surface area (TPSA) is 46.2 Å². The first kappa shape index (κ1) is 16.7. The highest BCUT2D eigenvalue weighted by molar-refractivity contribution is 6.37. The van der Waals surface area contributed by atoms with E-state index in [1.807, 2.05) is 0 Å². The van der Waals surface area contributed by atoms with Gasteiger partial charge in [0.2, 0.25) is 0 Å². The summed E-state index contributed by atoms with van der Waals surface area (Å²) in [6, 6.07) is 2.05. The molecule has 0 aliphatic carbocycles. The highest BCUT2D eigenvalue weighted by Crippen LogP contribution is 2.31. The summed E-state index contributed by atoms with van der Waals surface area (Å²) in [5.74, 6) is 1.96. The van der Waals surface area contributed by atoms with Gasteiger partial charge in [0.05, 0.1) is 10.0 Å². The van der Waals surface area contributed by atoms with Gasteiger partial charge in [-0.25, -0.2) is 4.98 Å². The van der Waals surface area contributed by atoms with Crippen LogP contribution in [0.4, 0.5) is 11.6 Å². The van der Waals surface area contributed by atoms with Gasteiger partial charge in [0.25, 0.3) is 0 Å². The van der Waals surface area contributed by atoms with E-state index in [4.69, 9.17) is 27.9 Å². The smallest absolute Gasteiger partial charge is 0.147 e. The maximum absolute atomic E-state index is 6.26. The lowest BCUT2D eigenvalue weighted by molar-refractivity contribution is 0.0622. The number of nitrogens with zero attached hydrogens (tertiary/aromatic N) is 1. The van der Waals surface area contributed by atoms with Crippen LogP contribution in [-0.4, -0.2) is 30.8 Å². The van der Waals surface area contributed by atoms with Gasteiger partial charge in [0.15, 0.2) is 0 Å². The van der Waals surface area contributed by atoms with Crippen LogP contribution in [-0.2, 0) is 4.74 Å².